The van der Waals surface area contributed by atoms with Crippen molar-refractivity contribution in [3.8, 4) is 12.3 Å². The summed E-state index contributed by atoms with van der Waals surface area (Å²) in [6, 6.07) is 12.1. The normalized spacial score (nSPS) is 20.6. The van der Waals surface area contributed by atoms with Gasteiger partial charge in [0.2, 0.25) is 0 Å². The van der Waals surface area contributed by atoms with Gasteiger partial charge in [0.1, 0.15) is 5.82 Å². The fourth-order valence-corrected chi connectivity index (χ4v) is 2.13. The summed E-state index contributed by atoms with van der Waals surface area (Å²) in [6.45, 7) is 0. The van der Waals surface area contributed by atoms with Crippen LogP contribution in [0, 0.1) is 12.3 Å². The highest BCUT2D eigenvalue weighted by Gasteiger charge is 2.34. The van der Waals surface area contributed by atoms with Gasteiger partial charge in [-0.1, -0.05) is 18.1 Å². The molecule has 1 heterocycles. The molecular formula is C16H15N3. The van der Waals surface area contributed by atoms with Crippen molar-refractivity contribution >= 4 is 11.5 Å². The Morgan fingerprint density at radius 1 is 1.32 bits per heavy atom. The number of aromatic nitrogens is 1. The molecule has 0 aliphatic heterocycles. The second-order valence-electron chi connectivity index (χ2n) is 4.83. The van der Waals surface area contributed by atoms with Gasteiger partial charge >= 0.3 is 0 Å². The molecule has 0 unspecified atom stereocenters. The number of rotatable bonds is 3. The molecule has 1 saturated carbocycles. The van der Waals surface area contributed by atoms with Crippen LogP contribution in [0.25, 0.3) is 0 Å². The Morgan fingerprint density at radius 3 is 2.79 bits per heavy atom. The van der Waals surface area contributed by atoms with Crippen LogP contribution in [-0.2, 0) is 0 Å². The summed E-state index contributed by atoms with van der Waals surface area (Å²) < 4.78 is 0. The zero-order chi connectivity index (χ0) is 13.2. The van der Waals surface area contributed by atoms with Crippen LogP contribution < -0.4 is 11.1 Å². The number of terminal acetylenes is 1. The molecule has 1 aromatic heterocycles. The summed E-state index contributed by atoms with van der Waals surface area (Å²) in [5.41, 5.74) is 8.84. The summed E-state index contributed by atoms with van der Waals surface area (Å²) >= 11 is 0. The minimum absolute atomic E-state index is 0.313. The van der Waals surface area contributed by atoms with E-state index < -0.39 is 0 Å². The molecule has 0 amide bonds. The molecular weight excluding hydrogens is 234 g/mol. The maximum absolute atomic E-state index is 5.83. The quantitative estimate of drug-likeness (QED) is 0.822. The molecule has 3 heteroatoms. The van der Waals surface area contributed by atoms with Crippen molar-refractivity contribution in [3.05, 3.63) is 53.7 Å². The number of benzene rings is 1. The third-order valence-electron chi connectivity index (χ3n) is 3.36. The van der Waals surface area contributed by atoms with Crippen molar-refractivity contribution in [1.82, 2.24) is 4.98 Å². The van der Waals surface area contributed by atoms with Gasteiger partial charge in [0.15, 0.2) is 0 Å². The predicted octanol–water partition coefficient (Wildman–Crippen LogP) is 2.62. The molecule has 19 heavy (non-hydrogen) atoms. The summed E-state index contributed by atoms with van der Waals surface area (Å²) in [5, 5.41) is 3.24. The molecule has 3 nitrogen and oxygen atoms in total. The first kappa shape index (κ1) is 11.8. The second-order valence-corrected chi connectivity index (χ2v) is 4.83. The first-order chi connectivity index (χ1) is 9.26. The lowest BCUT2D eigenvalue weighted by molar-refractivity contribution is 0.981. The van der Waals surface area contributed by atoms with Crippen molar-refractivity contribution in [2.24, 2.45) is 5.73 Å². The van der Waals surface area contributed by atoms with Crippen molar-refractivity contribution in [2.75, 3.05) is 5.32 Å². The zero-order valence-electron chi connectivity index (χ0n) is 10.5. The Kier molecular flexibility index (Phi) is 2.94. The van der Waals surface area contributed by atoms with Crippen molar-refractivity contribution in [3.63, 3.8) is 0 Å². The van der Waals surface area contributed by atoms with Gasteiger partial charge in [-0.15, -0.1) is 6.42 Å². The van der Waals surface area contributed by atoms with E-state index >= 15 is 0 Å². The van der Waals surface area contributed by atoms with Crippen LogP contribution in [0.3, 0.4) is 0 Å². The topological polar surface area (TPSA) is 50.9 Å². The molecule has 1 fully saturated rings. The predicted molar refractivity (Wildman–Crippen MR) is 77.2 cm³/mol. The van der Waals surface area contributed by atoms with Gasteiger partial charge in [0, 0.05) is 29.4 Å². The molecule has 0 saturated heterocycles. The Morgan fingerprint density at radius 2 is 2.16 bits per heavy atom. The van der Waals surface area contributed by atoms with Gasteiger partial charge in [-0.2, -0.15) is 0 Å². The maximum Gasteiger partial charge on any atom is 0.130 e. The zero-order valence-corrected chi connectivity index (χ0v) is 10.5. The maximum atomic E-state index is 5.83. The van der Waals surface area contributed by atoms with Crippen molar-refractivity contribution < 1.29 is 0 Å². The van der Waals surface area contributed by atoms with Gasteiger partial charge in [0.25, 0.3) is 0 Å². The monoisotopic (exact) mass is 249 g/mol. The lowest BCUT2D eigenvalue weighted by Gasteiger charge is -2.06. The van der Waals surface area contributed by atoms with Gasteiger partial charge in [-0.25, -0.2) is 4.98 Å². The highest BCUT2D eigenvalue weighted by molar-refractivity contribution is 5.58. The Labute approximate surface area is 112 Å². The number of nitrogens with one attached hydrogen (secondary N) is 1. The highest BCUT2D eigenvalue weighted by atomic mass is 15.0. The standard InChI is InChI=1S/C16H15N3/c1-2-11-4-3-5-13(8-11)19-16-7-6-12(10-18-16)14-9-15(14)17/h1,3-8,10,14-15H,9,17H2,(H,18,19)/t14-,15+/m0/s1. The van der Waals surface area contributed by atoms with E-state index in [-0.39, 0.29) is 0 Å². The largest absolute Gasteiger partial charge is 0.340 e. The van der Waals surface area contributed by atoms with E-state index in [1.165, 1.54) is 5.56 Å². The first-order valence-electron chi connectivity index (χ1n) is 6.31. The SMILES string of the molecule is C#Cc1cccc(Nc2ccc([C@@H]3C[C@H]3N)cn2)c1. The minimum Gasteiger partial charge on any atom is -0.340 e. The molecule has 3 rings (SSSR count). The van der Waals surface area contributed by atoms with E-state index in [9.17, 15) is 0 Å². The van der Waals surface area contributed by atoms with Crippen LogP contribution in [0.2, 0.25) is 0 Å². The molecule has 2 atom stereocenters. The number of nitrogens with zero attached hydrogens (tertiary/aromatic N) is 1. The summed E-state index contributed by atoms with van der Waals surface area (Å²) in [6.07, 6.45) is 8.34. The van der Waals surface area contributed by atoms with Crippen LogP contribution in [0.15, 0.2) is 42.6 Å². The lowest BCUT2D eigenvalue weighted by Crippen LogP contribution is -2.01. The van der Waals surface area contributed by atoms with E-state index in [0.29, 0.717) is 12.0 Å². The number of hydrogen-bond acceptors (Lipinski definition) is 3. The smallest absolute Gasteiger partial charge is 0.130 e. The third-order valence-corrected chi connectivity index (χ3v) is 3.36. The Bertz CT molecular complexity index is 625. The summed E-state index contributed by atoms with van der Waals surface area (Å²) in [5.74, 6) is 3.92. The van der Waals surface area contributed by atoms with E-state index in [2.05, 4.69) is 22.3 Å². The van der Waals surface area contributed by atoms with Crippen LogP contribution in [-0.4, -0.2) is 11.0 Å². The molecule has 94 valence electrons. The van der Waals surface area contributed by atoms with Gasteiger partial charge in [-0.3, -0.25) is 0 Å². The number of hydrogen-bond donors (Lipinski definition) is 2. The molecule has 0 radical (unpaired) electrons. The fourth-order valence-electron chi connectivity index (χ4n) is 2.13. The van der Waals surface area contributed by atoms with Crippen molar-refractivity contribution in [2.45, 2.75) is 18.4 Å². The first-order valence-corrected chi connectivity index (χ1v) is 6.31. The van der Waals surface area contributed by atoms with E-state index in [1.807, 2.05) is 36.5 Å². The van der Waals surface area contributed by atoms with E-state index in [4.69, 9.17) is 12.2 Å². The molecule has 2 aromatic rings. The fraction of sp³-hybridized carbons (Fsp3) is 0.188. The minimum atomic E-state index is 0.313. The number of pyridine rings is 1. The average Bonchev–Trinajstić information content (AvgIpc) is 3.17. The van der Waals surface area contributed by atoms with Crippen LogP contribution in [0.4, 0.5) is 11.5 Å². The third kappa shape index (κ3) is 2.59. The van der Waals surface area contributed by atoms with Crippen LogP contribution in [0.5, 0.6) is 0 Å². The van der Waals surface area contributed by atoms with E-state index in [1.54, 1.807) is 0 Å². The molecule has 3 N–H and O–H groups in total. The van der Waals surface area contributed by atoms with Crippen LogP contribution in [0.1, 0.15) is 23.5 Å². The summed E-state index contributed by atoms with van der Waals surface area (Å²) in [7, 11) is 0. The molecule has 0 bridgehead atoms. The van der Waals surface area contributed by atoms with E-state index in [0.717, 1.165) is 23.5 Å². The van der Waals surface area contributed by atoms with Gasteiger partial charge < -0.3 is 11.1 Å². The lowest BCUT2D eigenvalue weighted by atomic mass is 10.2. The molecule has 1 aliphatic rings. The molecule has 1 aliphatic carbocycles. The summed E-state index contributed by atoms with van der Waals surface area (Å²) in [4.78, 5) is 4.41. The van der Waals surface area contributed by atoms with Gasteiger partial charge in [-0.05, 0) is 36.2 Å². The Balaban J connectivity index is 1.74. The van der Waals surface area contributed by atoms with Crippen molar-refractivity contribution in [1.29, 1.82) is 0 Å². The average molecular weight is 249 g/mol. The molecule has 1 aromatic carbocycles. The second kappa shape index (κ2) is 4.75. The molecule has 0 spiro atoms. The number of nitrogens with two attached hydrogens (primary N) is 1. The van der Waals surface area contributed by atoms with Gasteiger partial charge in [0.05, 0.1) is 0 Å². The Hall–Kier alpha value is -2.31. The number of anilines is 2. The highest BCUT2D eigenvalue weighted by Crippen LogP contribution is 2.38. The van der Waals surface area contributed by atoms with Crippen LogP contribution >= 0.6 is 0 Å².